The molecule has 0 unspecified atom stereocenters. The third-order valence-corrected chi connectivity index (χ3v) is 5.40. The summed E-state index contributed by atoms with van der Waals surface area (Å²) in [5, 5.41) is 2.26. The van der Waals surface area contributed by atoms with Crippen LogP contribution in [0.15, 0.2) is 57.7 Å². The SMILES string of the molecule is CC[C@@H](C)[C@@H](NC(=O)OC(C)(C)C)C(=O)Oc1ccc2c(=O)c(Oc3ccccc3)c(C(F)(F)F)oc2c1. The maximum Gasteiger partial charge on any atom is 0.453 e. The highest BCUT2D eigenvalue weighted by Gasteiger charge is 2.40. The van der Waals surface area contributed by atoms with Crippen LogP contribution in [-0.2, 0) is 15.7 Å². The maximum atomic E-state index is 13.8. The predicted octanol–water partition coefficient (Wildman–Crippen LogP) is 6.45. The van der Waals surface area contributed by atoms with Gasteiger partial charge in [-0.2, -0.15) is 13.2 Å². The molecule has 0 saturated carbocycles. The Hall–Kier alpha value is -4.02. The molecular weight excluding hydrogens is 507 g/mol. The summed E-state index contributed by atoms with van der Waals surface area (Å²) in [5.74, 6) is -4.04. The molecule has 0 spiro atoms. The van der Waals surface area contributed by atoms with Gasteiger partial charge >= 0.3 is 18.2 Å². The maximum absolute atomic E-state index is 13.8. The Kier molecular flexibility index (Phi) is 8.38. The van der Waals surface area contributed by atoms with Gasteiger partial charge < -0.3 is 23.9 Å². The standard InChI is InChI=1S/C27H28F3NO7/c1-6-15(2)20(31-25(34)38-26(3,4)5)24(33)36-17-12-13-18-19(14-17)37-23(27(28,29)30)22(21(18)32)35-16-10-8-7-9-11-16/h7-15,20H,6H2,1-5H3,(H,31,34)/t15-,20-/m1/s1. The molecule has 204 valence electrons. The first kappa shape index (κ1) is 28.5. The van der Waals surface area contributed by atoms with Crippen LogP contribution in [0.25, 0.3) is 11.0 Å². The van der Waals surface area contributed by atoms with Gasteiger partial charge in [-0.15, -0.1) is 0 Å². The minimum Gasteiger partial charge on any atom is -0.449 e. The molecule has 3 rings (SSSR count). The number of para-hydroxylation sites is 1. The number of rotatable bonds is 7. The molecule has 11 heteroatoms. The van der Waals surface area contributed by atoms with E-state index in [1.165, 1.54) is 36.4 Å². The summed E-state index contributed by atoms with van der Waals surface area (Å²) in [7, 11) is 0. The van der Waals surface area contributed by atoms with E-state index in [1.54, 1.807) is 40.7 Å². The van der Waals surface area contributed by atoms with Gasteiger partial charge in [0.05, 0.1) is 5.39 Å². The number of amides is 1. The largest absolute Gasteiger partial charge is 0.453 e. The average Bonchev–Trinajstić information content (AvgIpc) is 2.82. The molecule has 8 nitrogen and oxygen atoms in total. The Morgan fingerprint density at radius 3 is 2.26 bits per heavy atom. The van der Waals surface area contributed by atoms with Gasteiger partial charge in [-0.05, 0) is 51.0 Å². The number of hydrogen-bond donors (Lipinski definition) is 1. The molecule has 2 aromatic carbocycles. The molecule has 0 aliphatic carbocycles. The number of carbonyl (C=O) groups excluding carboxylic acids is 2. The first-order valence-electron chi connectivity index (χ1n) is 11.8. The van der Waals surface area contributed by atoms with Crippen molar-refractivity contribution in [3.8, 4) is 17.2 Å². The second-order valence-electron chi connectivity index (χ2n) is 9.59. The zero-order valence-electron chi connectivity index (χ0n) is 21.5. The average molecular weight is 536 g/mol. The van der Waals surface area contributed by atoms with E-state index in [4.69, 9.17) is 18.6 Å². The van der Waals surface area contributed by atoms with Crippen LogP contribution in [0.4, 0.5) is 18.0 Å². The zero-order chi connectivity index (χ0) is 28.3. The number of fused-ring (bicyclic) bond motifs is 1. The molecule has 0 aliphatic heterocycles. The summed E-state index contributed by atoms with van der Waals surface area (Å²) >= 11 is 0. The van der Waals surface area contributed by atoms with Crippen molar-refractivity contribution >= 4 is 23.0 Å². The van der Waals surface area contributed by atoms with E-state index < -0.39 is 52.4 Å². The quantitative estimate of drug-likeness (QED) is 0.274. The van der Waals surface area contributed by atoms with Gasteiger partial charge in [-0.3, -0.25) is 4.79 Å². The van der Waals surface area contributed by atoms with E-state index in [2.05, 4.69) is 5.32 Å². The summed E-state index contributed by atoms with van der Waals surface area (Å²) in [5.41, 5.74) is -2.32. The molecule has 2 atom stereocenters. The van der Waals surface area contributed by atoms with Crippen LogP contribution in [0.5, 0.6) is 17.2 Å². The molecule has 0 aliphatic rings. The lowest BCUT2D eigenvalue weighted by atomic mass is 9.99. The molecule has 0 fully saturated rings. The highest BCUT2D eigenvalue weighted by molar-refractivity contribution is 5.85. The summed E-state index contributed by atoms with van der Waals surface area (Å²) in [6.07, 6.45) is -5.38. The van der Waals surface area contributed by atoms with Crippen LogP contribution in [0, 0.1) is 5.92 Å². The van der Waals surface area contributed by atoms with Crippen molar-refractivity contribution in [2.75, 3.05) is 0 Å². The molecule has 1 heterocycles. The second-order valence-corrected chi connectivity index (χ2v) is 9.59. The van der Waals surface area contributed by atoms with Gasteiger partial charge in [-0.1, -0.05) is 38.5 Å². The first-order chi connectivity index (χ1) is 17.7. The fourth-order valence-corrected chi connectivity index (χ4v) is 3.39. The fraction of sp³-hybridized carbons (Fsp3) is 0.370. The third-order valence-electron chi connectivity index (χ3n) is 5.40. The number of benzene rings is 2. The Bertz CT molecular complexity index is 1360. The second kappa shape index (κ2) is 11.2. The lowest BCUT2D eigenvalue weighted by Crippen LogP contribution is -2.48. The molecule has 0 bridgehead atoms. The van der Waals surface area contributed by atoms with Gasteiger partial charge in [-0.25, -0.2) is 9.59 Å². The summed E-state index contributed by atoms with van der Waals surface area (Å²) in [4.78, 5) is 38.1. The lowest BCUT2D eigenvalue weighted by Gasteiger charge is -2.25. The molecule has 0 saturated heterocycles. The molecule has 1 N–H and O–H groups in total. The number of alkyl halides is 3. The number of esters is 1. The first-order valence-corrected chi connectivity index (χ1v) is 11.8. The number of halogens is 3. The number of alkyl carbamates (subject to hydrolysis) is 1. The van der Waals surface area contributed by atoms with E-state index in [9.17, 15) is 27.6 Å². The minimum atomic E-state index is -5.05. The zero-order valence-corrected chi connectivity index (χ0v) is 21.5. The van der Waals surface area contributed by atoms with Crippen LogP contribution in [-0.4, -0.2) is 23.7 Å². The van der Waals surface area contributed by atoms with Crippen molar-refractivity contribution in [1.29, 1.82) is 0 Å². The van der Waals surface area contributed by atoms with Gasteiger partial charge in [0.15, 0.2) is 0 Å². The van der Waals surface area contributed by atoms with Crippen molar-refractivity contribution in [3.05, 3.63) is 64.5 Å². The summed E-state index contributed by atoms with van der Waals surface area (Å²) < 4.78 is 62.2. The normalized spacial score (nSPS) is 13.5. The monoisotopic (exact) mass is 535 g/mol. The minimum absolute atomic E-state index is 0.0174. The van der Waals surface area contributed by atoms with Crippen LogP contribution < -0.4 is 20.2 Å². The van der Waals surface area contributed by atoms with Gasteiger partial charge in [0.1, 0.15) is 28.7 Å². The van der Waals surface area contributed by atoms with Crippen LogP contribution >= 0.6 is 0 Å². The molecule has 3 aromatic rings. The number of carbonyl (C=O) groups is 2. The van der Waals surface area contributed by atoms with Gasteiger partial charge in [0.25, 0.3) is 5.76 Å². The Labute approximate surface area is 216 Å². The van der Waals surface area contributed by atoms with Crippen molar-refractivity contribution < 1.29 is 41.4 Å². The number of nitrogens with one attached hydrogen (secondary N) is 1. The van der Waals surface area contributed by atoms with Crippen molar-refractivity contribution in [3.63, 3.8) is 0 Å². The predicted molar refractivity (Wildman–Crippen MR) is 132 cm³/mol. The summed E-state index contributed by atoms with van der Waals surface area (Å²) in [6, 6.07) is 9.79. The van der Waals surface area contributed by atoms with E-state index >= 15 is 0 Å². The fourth-order valence-electron chi connectivity index (χ4n) is 3.39. The van der Waals surface area contributed by atoms with E-state index in [0.29, 0.717) is 6.42 Å². The number of ether oxygens (including phenoxy) is 3. The van der Waals surface area contributed by atoms with E-state index in [1.807, 2.05) is 0 Å². The van der Waals surface area contributed by atoms with Crippen LogP contribution in [0.2, 0.25) is 0 Å². The smallest absolute Gasteiger partial charge is 0.449 e. The highest BCUT2D eigenvalue weighted by Crippen LogP contribution is 2.38. The van der Waals surface area contributed by atoms with Crippen molar-refractivity contribution in [2.45, 2.75) is 58.9 Å². The highest BCUT2D eigenvalue weighted by atomic mass is 19.4. The number of hydrogen-bond acceptors (Lipinski definition) is 7. The summed E-state index contributed by atoms with van der Waals surface area (Å²) in [6.45, 7) is 8.51. The topological polar surface area (TPSA) is 104 Å². The van der Waals surface area contributed by atoms with E-state index in [0.717, 1.165) is 6.07 Å². The van der Waals surface area contributed by atoms with Crippen molar-refractivity contribution in [2.24, 2.45) is 5.92 Å². The Morgan fingerprint density at radius 1 is 1.03 bits per heavy atom. The Morgan fingerprint density at radius 2 is 1.68 bits per heavy atom. The van der Waals surface area contributed by atoms with Crippen molar-refractivity contribution in [1.82, 2.24) is 5.32 Å². The van der Waals surface area contributed by atoms with Crippen LogP contribution in [0.3, 0.4) is 0 Å². The Balaban J connectivity index is 1.95. The molecule has 1 amide bonds. The molecule has 1 aromatic heterocycles. The molecule has 38 heavy (non-hydrogen) atoms. The third kappa shape index (κ3) is 7.05. The lowest BCUT2D eigenvalue weighted by molar-refractivity contribution is -0.154. The van der Waals surface area contributed by atoms with Gasteiger partial charge in [0, 0.05) is 6.07 Å². The van der Waals surface area contributed by atoms with Crippen LogP contribution in [0.1, 0.15) is 46.8 Å². The van der Waals surface area contributed by atoms with E-state index in [-0.39, 0.29) is 22.8 Å². The molecular formula is C27H28F3NO7. The molecule has 0 radical (unpaired) electrons. The van der Waals surface area contributed by atoms with Gasteiger partial charge in [0.2, 0.25) is 11.2 Å².